The molecular weight excluding hydrogens is 130 g/mol. The molecule has 0 N–H and O–H groups in total. The lowest BCUT2D eigenvalue weighted by molar-refractivity contribution is -0.154. The molecule has 56 valence electrons. The summed E-state index contributed by atoms with van der Waals surface area (Å²) in [7, 11) is 0. The molecule has 0 saturated carbocycles. The first-order valence-corrected chi connectivity index (χ1v) is 3.48. The Kier molecular flexibility index (Phi) is 2.25. The van der Waals surface area contributed by atoms with Crippen LogP contribution in [0.25, 0.3) is 0 Å². The lowest BCUT2D eigenvalue weighted by Gasteiger charge is -2.21. The van der Waals surface area contributed by atoms with Gasteiger partial charge in [0.15, 0.2) is 5.79 Å². The third kappa shape index (κ3) is 1.28. The van der Waals surface area contributed by atoms with Crippen LogP contribution in [0.5, 0.6) is 0 Å². The van der Waals surface area contributed by atoms with E-state index in [2.05, 4.69) is 6.07 Å². The number of nitrogens with zero attached hydrogens (tertiary/aromatic N) is 1. The molecule has 0 radical (unpaired) electrons. The van der Waals surface area contributed by atoms with Crippen molar-refractivity contribution in [3.63, 3.8) is 0 Å². The van der Waals surface area contributed by atoms with Gasteiger partial charge in [0, 0.05) is 0 Å². The van der Waals surface area contributed by atoms with Crippen LogP contribution in [0.4, 0.5) is 0 Å². The van der Waals surface area contributed by atoms with Crippen molar-refractivity contribution in [1.29, 1.82) is 5.26 Å². The smallest absolute Gasteiger partial charge is 0.181 e. The summed E-state index contributed by atoms with van der Waals surface area (Å²) in [6.07, 6.45) is 1.09. The predicted molar refractivity (Wildman–Crippen MR) is 35.2 cm³/mol. The average molecular weight is 141 g/mol. The Morgan fingerprint density at radius 1 is 1.50 bits per heavy atom. The Labute approximate surface area is 60.5 Å². The van der Waals surface area contributed by atoms with Gasteiger partial charge in [0.25, 0.3) is 0 Å². The van der Waals surface area contributed by atoms with E-state index in [0.29, 0.717) is 19.6 Å². The summed E-state index contributed by atoms with van der Waals surface area (Å²) >= 11 is 0. The van der Waals surface area contributed by atoms with Crippen molar-refractivity contribution in [2.24, 2.45) is 0 Å². The number of rotatable bonds is 2. The summed E-state index contributed by atoms with van der Waals surface area (Å²) in [5.41, 5.74) is 0. The van der Waals surface area contributed by atoms with Crippen LogP contribution in [-0.4, -0.2) is 19.0 Å². The zero-order valence-corrected chi connectivity index (χ0v) is 6.09. The lowest BCUT2D eigenvalue weighted by Crippen LogP contribution is -2.28. The fraction of sp³-hybridized carbons (Fsp3) is 0.857. The topological polar surface area (TPSA) is 42.2 Å². The third-order valence-electron chi connectivity index (χ3n) is 1.70. The van der Waals surface area contributed by atoms with Gasteiger partial charge in [0.2, 0.25) is 0 Å². The van der Waals surface area contributed by atoms with E-state index in [1.807, 2.05) is 6.92 Å². The molecule has 0 amide bonds. The van der Waals surface area contributed by atoms with E-state index >= 15 is 0 Å². The molecule has 1 aliphatic rings. The molecule has 1 rings (SSSR count). The van der Waals surface area contributed by atoms with Gasteiger partial charge in [-0.2, -0.15) is 5.26 Å². The predicted octanol–water partition coefficient (Wildman–Crippen LogP) is 1.05. The van der Waals surface area contributed by atoms with Crippen molar-refractivity contribution in [2.75, 3.05) is 13.2 Å². The zero-order valence-electron chi connectivity index (χ0n) is 6.09. The molecule has 0 spiro atoms. The Hall–Kier alpha value is -0.590. The van der Waals surface area contributed by atoms with Gasteiger partial charge in [0.1, 0.15) is 0 Å². The van der Waals surface area contributed by atoms with E-state index in [1.165, 1.54) is 0 Å². The molecule has 0 bridgehead atoms. The van der Waals surface area contributed by atoms with Gasteiger partial charge < -0.3 is 9.47 Å². The maximum Gasteiger partial charge on any atom is 0.181 e. The summed E-state index contributed by atoms with van der Waals surface area (Å²) in [6, 6.07) is 2.05. The molecule has 0 aromatic heterocycles. The van der Waals surface area contributed by atoms with E-state index in [-0.39, 0.29) is 0 Å². The highest BCUT2D eigenvalue weighted by molar-refractivity contribution is 4.84. The van der Waals surface area contributed by atoms with Crippen LogP contribution in [0.2, 0.25) is 0 Å². The molecule has 0 aromatic rings. The van der Waals surface area contributed by atoms with Crippen molar-refractivity contribution < 1.29 is 9.47 Å². The second kappa shape index (κ2) is 3.00. The minimum absolute atomic E-state index is 0.337. The molecule has 1 aliphatic heterocycles. The summed E-state index contributed by atoms with van der Waals surface area (Å²) in [6.45, 7) is 3.20. The Morgan fingerprint density at radius 2 is 2.10 bits per heavy atom. The average Bonchev–Trinajstić information content (AvgIpc) is 2.39. The van der Waals surface area contributed by atoms with Crippen LogP contribution < -0.4 is 0 Å². The normalized spacial score (nSPS) is 22.4. The summed E-state index contributed by atoms with van der Waals surface area (Å²) < 4.78 is 10.6. The molecule has 0 aromatic carbocycles. The van der Waals surface area contributed by atoms with E-state index in [1.54, 1.807) is 0 Å². The quantitative estimate of drug-likeness (QED) is 0.577. The minimum Gasteiger partial charge on any atom is -0.346 e. The zero-order chi connectivity index (χ0) is 7.45. The number of hydrogen-bond acceptors (Lipinski definition) is 3. The van der Waals surface area contributed by atoms with Crippen molar-refractivity contribution in [3.8, 4) is 6.07 Å². The Bertz CT molecular complexity index is 144. The second-order valence-electron chi connectivity index (χ2n) is 2.30. The van der Waals surface area contributed by atoms with E-state index in [0.717, 1.165) is 6.42 Å². The molecule has 3 heteroatoms. The first kappa shape index (κ1) is 7.52. The van der Waals surface area contributed by atoms with E-state index < -0.39 is 5.79 Å². The summed E-state index contributed by atoms with van der Waals surface area (Å²) in [5.74, 6) is -0.575. The molecule has 3 nitrogen and oxygen atoms in total. The maximum atomic E-state index is 8.41. The molecule has 0 unspecified atom stereocenters. The Morgan fingerprint density at radius 3 is 2.50 bits per heavy atom. The fourth-order valence-corrected chi connectivity index (χ4v) is 1.05. The molecule has 1 heterocycles. The minimum atomic E-state index is -0.575. The molecule has 0 aliphatic carbocycles. The van der Waals surface area contributed by atoms with Gasteiger partial charge in [-0.15, -0.1) is 0 Å². The molecular formula is C7H11NO2. The number of hydrogen-bond donors (Lipinski definition) is 0. The highest BCUT2D eigenvalue weighted by Crippen LogP contribution is 2.25. The monoisotopic (exact) mass is 141 g/mol. The first-order valence-electron chi connectivity index (χ1n) is 3.48. The largest absolute Gasteiger partial charge is 0.346 e. The van der Waals surface area contributed by atoms with Crippen molar-refractivity contribution in [1.82, 2.24) is 0 Å². The molecule has 10 heavy (non-hydrogen) atoms. The van der Waals surface area contributed by atoms with Gasteiger partial charge in [-0.25, -0.2) is 0 Å². The van der Waals surface area contributed by atoms with E-state index in [4.69, 9.17) is 14.7 Å². The van der Waals surface area contributed by atoms with Crippen LogP contribution in [-0.2, 0) is 9.47 Å². The van der Waals surface area contributed by atoms with Crippen molar-refractivity contribution in [3.05, 3.63) is 0 Å². The Balaban J connectivity index is 2.51. The third-order valence-corrected chi connectivity index (χ3v) is 1.70. The molecule has 1 fully saturated rings. The highest BCUT2D eigenvalue weighted by Gasteiger charge is 2.34. The van der Waals surface area contributed by atoms with Gasteiger partial charge in [-0.3, -0.25) is 0 Å². The summed E-state index contributed by atoms with van der Waals surface area (Å²) in [5, 5.41) is 8.41. The SMILES string of the molecule is CCC1(CC#N)OCCO1. The van der Waals surface area contributed by atoms with Crippen molar-refractivity contribution >= 4 is 0 Å². The van der Waals surface area contributed by atoms with Gasteiger partial charge in [-0.1, -0.05) is 6.92 Å². The summed E-state index contributed by atoms with van der Waals surface area (Å²) in [4.78, 5) is 0. The van der Waals surface area contributed by atoms with Crippen LogP contribution in [0.15, 0.2) is 0 Å². The standard InChI is InChI=1S/C7H11NO2/c1-2-7(3-4-8)9-5-6-10-7/h2-3,5-6H2,1H3. The molecule has 1 saturated heterocycles. The fourth-order valence-electron chi connectivity index (χ4n) is 1.05. The number of ether oxygens (including phenoxy) is 2. The first-order chi connectivity index (χ1) is 4.83. The van der Waals surface area contributed by atoms with Crippen LogP contribution in [0.1, 0.15) is 19.8 Å². The van der Waals surface area contributed by atoms with Gasteiger partial charge in [0.05, 0.1) is 25.7 Å². The van der Waals surface area contributed by atoms with Gasteiger partial charge >= 0.3 is 0 Å². The highest BCUT2D eigenvalue weighted by atomic mass is 16.7. The second-order valence-corrected chi connectivity index (χ2v) is 2.30. The van der Waals surface area contributed by atoms with Crippen LogP contribution >= 0.6 is 0 Å². The van der Waals surface area contributed by atoms with Crippen LogP contribution in [0, 0.1) is 11.3 Å². The number of nitriles is 1. The lowest BCUT2D eigenvalue weighted by atomic mass is 10.1. The maximum absolute atomic E-state index is 8.41. The van der Waals surface area contributed by atoms with Crippen molar-refractivity contribution in [2.45, 2.75) is 25.6 Å². The van der Waals surface area contributed by atoms with E-state index in [9.17, 15) is 0 Å². The molecule has 0 atom stereocenters. The van der Waals surface area contributed by atoms with Gasteiger partial charge in [-0.05, 0) is 6.42 Å². The van der Waals surface area contributed by atoms with Crippen LogP contribution in [0.3, 0.4) is 0 Å².